The molecule has 1 N–H and O–H groups in total. The van der Waals surface area contributed by atoms with Gasteiger partial charge in [-0.2, -0.15) is 3.71 Å². The third kappa shape index (κ3) is 4.31. The summed E-state index contributed by atoms with van der Waals surface area (Å²) >= 11 is 2.89. The van der Waals surface area contributed by atoms with Crippen molar-refractivity contribution in [1.29, 1.82) is 0 Å². The molecule has 0 radical (unpaired) electrons. The van der Waals surface area contributed by atoms with Crippen molar-refractivity contribution in [3.8, 4) is 0 Å². The zero-order chi connectivity index (χ0) is 18.2. The van der Waals surface area contributed by atoms with Crippen LogP contribution in [0.15, 0.2) is 11.0 Å². The van der Waals surface area contributed by atoms with Crippen LogP contribution in [0.4, 0.5) is 5.69 Å². The number of hydrogen-bond donors (Lipinski definition) is 1. The molecule has 0 saturated carbocycles. The Balaban J connectivity index is 4.02. The molecule has 1 rings (SSSR count). The highest BCUT2D eigenvalue weighted by Gasteiger charge is 2.33. The van der Waals surface area contributed by atoms with Gasteiger partial charge in [0.1, 0.15) is 0 Å². The Hall–Kier alpha value is -0.530. The van der Waals surface area contributed by atoms with E-state index < -0.39 is 26.0 Å². The van der Waals surface area contributed by atoms with E-state index in [0.29, 0.717) is 14.2 Å². The molecule has 0 bridgehead atoms. The molecule has 0 spiro atoms. The van der Waals surface area contributed by atoms with E-state index in [1.807, 2.05) is 0 Å². The van der Waals surface area contributed by atoms with Gasteiger partial charge in [-0.25, -0.2) is 21.6 Å². The molecule has 0 amide bonds. The number of benzene rings is 1. The minimum Gasteiger partial charge on any atom is -0.478 e. The van der Waals surface area contributed by atoms with Crippen LogP contribution in [0.2, 0.25) is 0 Å². The van der Waals surface area contributed by atoms with Crippen molar-refractivity contribution < 1.29 is 26.7 Å². The topological polar surface area (TPSA) is 109 Å². The summed E-state index contributed by atoms with van der Waals surface area (Å²) in [6.45, 7) is 1.71. The van der Waals surface area contributed by atoms with Crippen molar-refractivity contribution in [1.82, 2.24) is 0 Å². The number of hydrogen-bond acceptors (Lipinski definition) is 6. The third-order valence-electron chi connectivity index (χ3n) is 2.87. The number of anilines is 1. The molecule has 11 heteroatoms. The van der Waals surface area contributed by atoms with Gasteiger partial charge in [0.05, 0.1) is 23.8 Å². The average molecular weight is 493 g/mol. The van der Waals surface area contributed by atoms with Crippen LogP contribution in [0, 0.1) is 3.57 Å². The first-order valence-corrected chi connectivity index (χ1v) is 12.2. The van der Waals surface area contributed by atoms with Gasteiger partial charge in [0, 0.05) is 8.47 Å². The minimum absolute atomic E-state index is 0.00699. The average Bonchev–Trinajstić information content (AvgIpc) is 2.36. The lowest BCUT2D eigenvalue weighted by Gasteiger charge is -2.25. The Bertz CT molecular complexity index is 816. The first-order valence-electron chi connectivity index (χ1n) is 6.19. The van der Waals surface area contributed by atoms with Crippen molar-refractivity contribution in [2.24, 2.45) is 0 Å². The van der Waals surface area contributed by atoms with E-state index >= 15 is 0 Å². The zero-order valence-corrected chi connectivity index (χ0v) is 17.4. The van der Waals surface area contributed by atoms with Gasteiger partial charge in [0.25, 0.3) is 0 Å². The minimum atomic E-state index is -4.10. The lowest BCUT2D eigenvalue weighted by molar-refractivity contribution is 0.0693. The molecular formula is C12H16INO6S3. The number of aromatic carboxylic acids is 1. The molecule has 23 heavy (non-hydrogen) atoms. The summed E-state index contributed by atoms with van der Waals surface area (Å²) in [4.78, 5) is 11.8. The number of carboxylic acid groups (broad SMARTS) is 1. The van der Waals surface area contributed by atoms with Gasteiger partial charge in [0.15, 0.2) is 0 Å². The molecular weight excluding hydrogens is 477 g/mol. The normalized spacial score (nSPS) is 12.2. The summed E-state index contributed by atoms with van der Waals surface area (Å²) in [6.07, 6.45) is 3.54. The molecule has 1 aromatic rings. The fourth-order valence-electron chi connectivity index (χ4n) is 2.17. The molecule has 7 nitrogen and oxygen atoms in total. The molecule has 0 saturated heterocycles. The predicted molar refractivity (Wildman–Crippen MR) is 99.4 cm³/mol. The number of halogens is 1. The van der Waals surface area contributed by atoms with Crippen LogP contribution in [0.3, 0.4) is 0 Å². The highest BCUT2D eigenvalue weighted by atomic mass is 127. The van der Waals surface area contributed by atoms with Crippen molar-refractivity contribution in [3.05, 3.63) is 20.8 Å². The van der Waals surface area contributed by atoms with Crippen LogP contribution >= 0.6 is 34.4 Å². The van der Waals surface area contributed by atoms with Gasteiger partial charge < -0.3 is 5.11 Å². The number of rotatable bonds is 6. The van der Waals surface area contributed by atoms with Crippen LogP contribution in [-0.2, 0) is 26.5 Å². The molecule has 0 atom stereocenters. The molecule has 0 aliphatic heterocycles. The van der Waals surface area contributed by atoms with Crippen molar-refractivity contribution in [2.75, 3.05) is 22.5 Å². The van der Waals surface area contributed by atoms with E-state index in [1.54, 1.807) is 35.8 Å². The number of thioether (sulfide) groups is 1. The second-order valence-corrected chi connectivity index (χ2v) is 10.5. The fourth-order valence-corrected chi connectivity index (χ4v) is 7.28. The smallest absolute Gasteiger partial charge is 0.336 e. The van der Waals surface area contributed by atoms with Gasteiger partial charge in [-0.05, 0) is 46.9 Å². The van der Waals surface area contributed by atoms with Crippen molar-refractivity contribution >= 4 is 66.1 Å². The maximum atomic E-state index is 12.0. The molecule has 130 valence electrons. The first kappa shape index (κ1) is 20.5. The third-order valence-corrected chi connectivity index (χ3v) is 7.77. The summed E-state index contributed by atoms with van der Waals surface area (Å²) in [5, 5.41) is 9.32. The zero-order valence-electron chi connectivity index (χ0n) is 12.8. The number of nitrogens with zero attached hydrogens (tertiary/aromatic N) is 1. The quantitative estimate of drug-likeness (QED) is 0.477. The molecule has 0 fully saturated rings. The molecule has 0 aliphatic rings. The standard InChI is InChI=1S/C12H16INO6S3/c1-5-7-10(14(22(3,17)18)23(4,19)20)9(13)6-8(12(15)16)11(7)21-2/h6H,5H2,1-4H3,(H,15,16). The maximum absolute atomic E-state index is 12.0. The Morgan fingerprint density at radius 2 is 1.74 bits per heavy atom. The largest absolute Gasteiger partial charge is 0.478 e. The van der Waals surface area contributed by atoms with Crippen LogP contribution in [-0.4, -0.2) is 46.7 Å². The Morgan fingerprint density at radius 1 is 1.26 bits per heavy atom. The van der Waals surface area contributed by atoms with E-state index in [4.69, 9.17) is 0 Å². The van der Waals surface area contributed by atoms with Crippen LogP contribution in [0.5, 0.6) is 0 Å². The maximum Gasteiger partial charge on any atom is 0.336 e. The van der Waals surface area contributed by atoms with E-state index in [-0.39, 0.29) is 21.2 Å². The van der Waals surface area contributed by atoms with Gasteiger partial charge >= 0.3 is 5.97 Å². The lowest BCUT2D eigenvalue weighted by atomic mass is 10.1. The van der Waals surface area contributed by atoms with E-state index in [0.717, 1.165) is 24.3 Å². The second kappa shape index (κ2) is 7.15. The Morgan fingerprint density at radius 3 is 2.04 bits per heavy atom. The number of carboxylic acids is 1. The lowest BCUT2D eigenvalue weighted by Crippen LogP contribution is -2.36. The molecule has 0 aliphatic carbocycles. The van der Waals surface area contributed by atoms with E-state index in [1.165, 1.54) is 6.07 Å². The summed E-state index contributed by atoms with van der Waals surface area (Å²) in [5.74, 6) is -1.15. The van der Waals surface area contributed by atoms with E-state index in [2.05, 4.69) is 0 Å². The number of sulfonamides is 2. The number of carbonyl (C=O) groups is 1. The SMILES string of the molecule is CCc1c(SC)c(C(=O)O)cc(I)c1N(S(C)(=O)=O)S(C)(=O)=O. The predicted octanol–water partition coefficient (Wildman–Crippen LogP) is 2.00. The van der Waals surface area contributed by atoms with Gasteiger partial charge in [0.2, 0.25) is 20.0 Å². The molecule has 0 aromatic heterocycles. The van der Waals surface area contributed by atoms with Crippen molar-refractivity contribution in [2.45, 2.75) is 18.2 Å². The molecule has 1 aromatic carbocycles. The van der Waals surface area contributed by atoms with Gasteiger partial charge in [-0.15, -0.1) is 11.8 Å². The van der Waals surface area contributed by atoms with Gasteiger partial charge in [-0.1, -0.05) is 6.92 Å². The van der Waals surface area contributed by atoms with Crippen LogP contribution < -0.4 is 3.71 Å². The summed E-state index contributed by atoms with van der Waals surface area (Å²) in [5.41, 5.74) is 0.384. The molecule has 0 unspecified atom stereocenters. The summed E-state index contributed by atoms with van der Waals surface area (Å²) in [6, 6.07) is 1.28. The summed E-state index contributed by atoms with van der Waals surface area (Å²) < 4.78 is 48.8. The summed E-state index contributed by atoms with van der Waals surface area (Å²) in [7, 11) is -8.21. The van der Waals surface area contributed by atoms with E-state index in [9.17, 15) is 26.7 Å². The highest BCUT2D eigenvalue weighted by molar-refractivity contribution is 14.1. The highest BCUT2D eigenvalue weighted by Crippen LogP contribution is 2.39. The monoisotopic (exact) mass is 493 g/mol. The van der Waals surface area contributed by atoms with Crippen LogP contribution in [0.25, 0.3) is 0 Å². The molecule has 0 heterocycles. The van der Waals surface area contributed by atoms with Crippen LogP contribution in [0.1, 0.15) is 22.8 Å². The Kier molecular flexibility index (Phi) is 6.38. The van der Waals surface area contributed by atoms with Gasteiger partial charge in [-0.3, -0.25) is 0 Å². The second-order valence-electron chi connectivity index (χ2n) is 4.65. The Labute approximate surface area is 153 Å². The van der Waals surface area contributed by atoms with Crippen molar-refractivity contribution in [3.63, 3.8) is 0 Å². The fraction of sp³-hybridized carbons (Fsp3) is 0.417. The first-order chi connectivity index (χ1) is 10.4.